The zero-order valence-corrected chi connectivity index (χ0v) is 15.9. The van der Waals surface area contributed by atoms with E-state index in [1.807, 2.05) is 4.90 Å². The van der Waals surface area contributed by atoms with E-state index in [-0.39, 0.29) is 18.1 Å². The number of carboxylic acid groups (broad SMARTS) is 1. The molecule has 1 saturated carbocycles. The molecule has 2 fully saturated rings. The fourth-order valence-corrected chi connectivity index (χ4v) is 3.99. The van der Waals surface area contributed by atoms with Crippen molar-refractivity contribution in [2.24, 2.45) is 5.92 Å². The lowest BCUT2D eigenvalue weighted by molar-refractivity contribution is -0.139. The molecule has 1 N–H and O–H groups in total. The molecule has 1 unspecified atom stereocenters. The summed E-state index contributed by atoms with van der Waals surface area (Å²) < 4.78 is 11.0. The van der Waals surface area contributed by atoms with Crippen LogP contribution in [0.25, 0.3) is 0 Å². The summed E-state index contributed by atoms with van der Waals surface area (Å²) in [4.78, 5) is 26.0. The standard InChI is InChI=1S/C21H29NO5/c1-15-7-9-17(10-8-15)22(13-19-6-3-11-26-19)21(25)16-4-2-5-18(12-16)27-14-20(23)24/h2,4-5,12,15,17,19H,3,6-11,13-14H2,1H3,(H,23,24). The average Bonchev–Trinajstić information content (AvgIpc) is 3.18. The number of carbonyl (C=O) groups excluding carboxylic acids is 1. The Morgan fingerprint density at radius 1 is 1.22 bits per heavy atom. The number of hydrogen-bond donors (Lipinski definition) is 1. The van der Waals surface area contributed by atoms with E-state index < -0.39 is 12.6 Å². The van der Waals surface area contributed by atoms with Crippen LogP contribution in [0.15, 0.2) is 24.3 Å². The smallest absolute Gasteiger partial charge is 0.341 e. The Bertz CT molecular complexity index is 648. The van der Waals surface area contributed by atoms with E-state index in [2.05, 4.69) is 6.92 Å². The van der Waals surface area contributed by atoms with E-state index in [0.717, 1.165) is 45.1 Å². The van der Waals surface area contributed by atoms with Crippen molar-refractivity contribution in [1.82, 2.24) is 4.90 Å². The van der Waals surface area contributed by atoms with Gasteiger partial charge < -0.3 is 19.5 Å². The molecule has 148 valence electrons. The highest BCUT2D eigenvalue weighted by molar-refractivity contribution is 5.95. The van der Waals surface area contributed by atoms with Crippen molar-refractivity contribution in [3.8, 4) is 5.75 Å². The molecule has 1 aromatic rings. The minimum Gasteiger partial charge on any atom is -0.482 e. The van der Waals surface area contributed by atoms with Gasteiger partial charge in [-0.05, 0) is 62.6 Å². The molecule has 1 atom stereocenters. The van der Waals surface area contributed by atoms with Gasteiger partial charge in [-0.15, -0.1) is 0 Å². The van der Waals surface area contributed by atoms with Gasteiger partial charge in [-0.25, -0.2) is 4.79 Å². The highest BCUT2D eigenvalue weighted by Crippen LogP contribution is 2.29. The molecule has 0 bridgehead atoms. The third-order valence-electron chi connectivity index (χ3n) is 5.55. The van der Waals surface area contributed by atoms with Gasteiger partial charge in [0.1, 0.15) is 5.75 Å². The number of ether oxygens (including phenoxy) is 2. The van der Waals surface area contributed by atoms with Gasteiger partial charge in [-0.3, -0.25) is 4.79 Å². The molecular weight excluding hydrogens is 346 g/mol. The maximum atomic E-state index is 13.3. The molecule has 0 radical (unpaired) electrons. The quantitative estimate of drug-likeness (QED) is 0.791. The zero-order valence-electron chi connectivity index (χ0n) is 15.9. The number of benzene rings is 1. The van der Waals surface area contributed by atoms with Gasteiger partial charge in [0.25, 0.3) is 5.91 Å². The Balaban J connectivity index is 1.75. The van der Waals surface area contributed by atoms with Crippen LogP contribution in [-0.4, -0.2) is 53.8 Å². The van der Waals surface area contributed by atoms with Gasteiger partial charge in [-0.1, -0.05) is 13.0 Å². The summed E-state index contributed by atoms with van der Waals surface area (Å²) in [6.45, 7) is 3.24. The van der Waals surface area contributed by atoms with Crippen molar-refractivity contribution >= 4 is 11.9 Å². The summed E-state index contributed by atoms with van der Waals surface area (Å²) in [5.41, 5.74) is 0.537. The van der Waals surface area contributed by atoms with Crippen LogP contribution in [0.4, 0.5) is 0 Å². The first-order valence-corrected chi connectivity index (χ1v) is 9.90. The van der Waals surface area contributed by atoms with E-state index in [1.54, 1.807) is 24.3 Å². The Kier molecular flexibility index (Phi) is 6.72. The van der Waals surface area contributed by atoms with Crippen molar-refractivity contribution in [2.75, 3.05) is 19.8 Å². The lowest BCUT2D eigenvalue weighted by atomic mass is 9.86. The molecule has 1 aliphatic heterocycles. The van der Waals surface area contributed by atoms with Crippen LogP contribution in [0.5, 0.6) is 5.75 Å². The van der Waals surface area contributed by atoms with Gasteiger partial charge in [0.2, 0.25) is 0 Å². The molecule has 0 spiro atoms. The molecule has 1 heterocycles. The fourth-order valence-electron chi connectivity index (χ4n) is 3.99. The van der Waals surface area contributed by atoms with Crippen LogP contribution in [0, 0.1) is 5.92 Å². The van der Waals surface area contributed by atoms with Crippen molar-refractivity contribution in [3.05, 3.63) is 29.8 Å². The molecule has 3 rings (SSSR count). The largest absolute Gasteiger partial charge is 0.482 e. The Morgan fingerprint density at radius 3 is 2.67 bits per heavy atom. The lowest BCUT2D eigenvalue weighted by Gasteiger charge is -2.37. The first-order valence-electron chi connectivity index (χ1n) is 9.90. The maximum absolute atomic E-state index is 13.3. The summed E-state index contributed by atoms with van der Waals surface area (Å²) in [7, 11) is 0. The number of nitrogens with zero attached hydrogens (tertiary/aromatic N) is 1. The minimum absolute atomic E-state index is 0.0224. The van der Waals surface area contributed by atoms with Crippen LogP contribution >= 0.6 is 0 Å². The first-order chi connectivity index (χ1) is 13.0. The molecular formula is C21H29NO5. The second kappa shape index (κ2) is 9.22. The van der Waals surface area contributed by atoms with E-state index in [1.165, 1.54) is 0 Å². The summed E-state index contributed by atoms with van der Waals surface area (Å²) >= 11 is 0. The van der Waals surface area contributed by atoms with Crippen LogP contribution < -0.4 is 4.74 Å². The predicted octanol–water partition coefficient (Wildman–Crippen LogP) is 3.35. The van der Waals surface area contributed by atoms with Gasteiger partial charge in [0.15, 0.2) is 6.61 Å². The molecule has 1 amide bonds. The normalized spacial score (nSPS) is 25.1. The highest BCUT2D eigenvalue weighted by atomic mass is 16.5. The van der Waals surface area contributed by atoms with E-state index in [0.29, 0.717) is 23.8 Å². The Hall–Kier alpha value is -2.08. The summed E-state index contributed by atoms with van der Waals surface area (Å²) in [5, 5.41) is 8.78. The first kappa shape index (κ1) is 19.7. The lowest BCUT2D eigenvalue weighted by Crippen LogP contribution is -2.46. The van der Waals surface area contributed by atoms with Crippen molar-refractivity contribution in [3.63, 3.8) is 0 Å². The van der Waals surface area contributed by atoms with Crippen LogP contribution in [0.2, 0.25) is 0 Å². The highest BCUT2D eigenvalue weighted by Gasteiger charge is 2.31. The van der Waals surface area contributed by atoms with Crippen molar-refractivity contribution in [2.45, 2.75) is 57.6 Å². The van der Waals surface area contributed by atoms with Crippen molar-refractivity contribution in [1.29, 1.82) is 0 Å². The Labute approximate surface area is 160 Å². The number of hydrogen-bond acceptors (Lipinski definition) is 4. The summed E-state index contributed by atoms with van der Waals surface area (Å²) in [6.07, 6.45) is 6.48. The second-order valence-corrected chi connectivity index (χ2v) is 7.72. The van der Waals surface area contributed by atoms with E-state index >= 15 is 0 Å². The molecule has 1 aromatic carbocycles. The van der Waals surface area contributed by atoms with Crippen LogP contribution in [0.1, 0.15) is 55.8 Å². The number of amides is 1. The molecule has 6 nitrogen and oxygen atoms in total. The number of rotatable bonds is 7. The van der Waals surface area contributed by atoms with E-state index in [4.69, 9.17) is 14.6 Å². The summed E-state index contributed by atoms with van der Waals surface area (Å²) in [5.74, 6) is 0.0557. The predicted molar refractivity (Wildman–Crippen MR) is 101 cm³/mol. The number of carboxylic acids is 1. The van der Waals surface area contributed by atoms with Crippen LogP contribution in [-0.2, 0) is 9.53 Å². The molecule has 2 aliphatic rings. The Morgan fingerprint density at radius 2 is 2.00 bits per heavy atom. The van der Waals surface area contributed by atoms with Gasteiger partial charge in [-0.2, -0.15) is 0 Å². The van der Waals surface area contributed by atoms with E-state index in [9.17, 15) is 9.59 Å². The minimum atomic E-state index is -1.04. The third kappa shape index (κ3) is 5.45. The monoisotopic (exact) mass is 375 g/mol. The molecule has 1 aliphatic carbocycles. The molecule has 6 heteroatoms. The van der Waals surface area contributed by atoms with Gasteiger partial charge >= 0.3 is 5.97 Å². The topological polar surface area (TPSA) is 76.1 Å². The van der Waals surface area contributed by atoms with Crippen LogP contribution in [0.3, 0.4) is 0 Å². The summed E-state index contributed by atoms with van der Waals surface area (Å²) in [6, 6.07) is 7.05. The SMILES string of the molecule is CC1CCC(N(CC2CCCO2)C(=O)c2cccc(OCC(=O)O)c2)CC1. The zero-order chi connectivity index (χ0) is 19.2. The van der Waals surface area contributed by atoms with Gasteiger partial charge in [0.05, 0.1) is 6.10 Å². The molecule has 27 heavy (non-hydrogen) atoms. The third-order valence-corrected chi connectivity index (χ3v) is 5.55. The van der Waals surface area contributed by atoms with Gasteiger partial charge in [0, 0.05) is 24.8 Å². The number of aliphatic carboxylic acids is 1. The fraction of sp³-hybridized carbons (Fsp3) is 0.619. The maximum Gasteiger partial charge on any atom is 0.341 e. The molecule has 0 aromatic heterocycles. The van der Waals surface area contributed by atoms with Crippen molar-refractivity contribution < 1.29 is 24.2 Å². The second-order valence-electron chi connectivity index (χ2n) is 7.72. The molecule has 1 saturated heterocycles. The average molecular weight is 375 g/mol. The number of carbonyl (C=O) groups is 2.